The van der Waals surface area contributed by atoms with Crippen molar-refractivity contribution in [2.24, 2.45) is 7.05 Å². The van der Waals surface area contributed by atoms with Gasteiger partial charge in [-0.15, -0.1) is 0 Å². The molecule has 10 heteroatoms. The molecule has 3 rings (SSSR count). The Morgan fingerprint density at radius 2 is 2.15 bits per heavy atom. The van der Waals surface area contributed by atoms with Crippen molar-refractivity contribution in [1.29, 1.82) is 0 Å². The molecular formula is C17H15ClFN5O3. The molecule has 0 aliphatic carbocycles. The number of aryl methyl sites for hydroxylation is 1. The van der Waals surface area contributed by atoms with Gasteiger partial charge in [0.1, 0.15) is 11.3 Å². The molecular weight excluding hydrogens is 377 g/mol. The highest BCUT2D eigenvalue weighted by molar-refractivity contribution is 6.33. The number of nitrogens with one attached hydrogen (secondary N) is 2. The summed E-state index contributed by atoms with van der Waals surface area (Å²) >= 11 is 5.93. The van der Waals surface area contributed by atoms with Crippen molar-refractivity contribution in [3.05, 3.63) is 63.2 Å². The number of nitrogens with zero attached hydrogens (tertiary/aromatic N) is 3. The second-order valence-electron chi connectivity index (χ2n) is 5.75. The average molecular weight is 392 g/mol. The standard InChI is InChI=1S/C17H15ClFN5O3/c1-23-14-4-2-3-12(19)16(14)22-15(23)7-8-20-17(25)21-13-6-5-10(24(26)27)9-11(13)18/h2-6,9H,7-8H2,1H3,(H2,20,21,25). The van der Waals surface area contributed by atoms with Gasteiger partial charge in [-0.1, -0.05) is 17.7 Å². The summed E-state index contributed by atoms with van der Waals surface area (Å²) in [5, 5.41) is 15.9. The maximum absolute atomic E-state index is 13.8. The lowest BCUT2D eigenvalue weighted by atomic mass is 10.3. The number of nitro groups is 1. The summed E-state index contributed by atoms with van der Waals surface area (Å²) in [4.78, 5) is 26.4. The zero-order valence-electron chi connectivity index (χ0n) is 14.2. The highest BCUT2D eigenvalue weighted by atomic mass is 35.5. The Balaban J connectivity index is 1.60. The number of benzene rings is 2. The van der Waals surface area contributed by atoms with Crippen molar-refractivity contribution < 1.29 is 14.1 Å². The SMILES string of the molecule is Cn1c(CCNC(=O)Nc2ccc([N+](=O)[O-])cc2Cl)nc2c(F)cccc21. The number of amides is 2. The van der Waals surface area contributed by atoms with Gasteiger partial charge in [0.15, 0.2) is 5.82 Å². The summed E-state index contributed by atoms with van der Waals surface area (Å²) in [5.41, 5.74) is 1.05. The molecule has 140 valence electrons. The summed E-state index contributed by atoms with van der Waals surface area (Å²) in [7, 11) is 1.78. The Morgan fingerprint density at radius 1 is 1.37 bits per heavy atom. The molecule has 1 heterocycles. The molecule has 0 atom stereocenters. The summed E-state index contributed by atoms with van der Waals surface area (Å²) in [6, 6.07) is 7.97. The van der Waals surface area contributed by atoms with Gasteiger partial charge in [-0.2, -0.15) is 0 Å². The van der Waals surface area contributed by atoms with E-state index < -0.39 is 16.8 Å². The molecule has 0 spiro atoms. The first kappa shape index (κ1) is 18.6. The first-order valence-corrected chi connectivity index (χ1v) is 8.33. The van der Waals surface area contributed by atoms with Crippen LogP contribution < -0.4 is 10.6 Å². The number of fused-ring (bicyclic) bond motifs is 1. The largest absolute Gasteiger partial charge is 0.337 e. The van der Waals surface area contributed by atoms with Gasteiger partial charge in [-0.3, -0.25) is 10.1 Å². The van der Waals surface area contributed by atoms with Crippen LogP contribution in [0.1, 0.15) is 5.82 Å². The summed E-state index contributed by atoms with van der Waals surface area (Å²) in [5.74, 6) is 0.233. The first-order valence-electron chi connectivity index (χ1n) is 7.95. The van der Waals surface area contributed by atoms with E-state index in [4.69, 9.17) is 11.6 Å². The number of aromatic nitrogens is 2. The van der Waals surface area contributed by atoms with Gasteiger partial charge in [-0.25, -0.2) is 14.2 Å². The van der Waals surface area contributed by atoms with Gasteiger partial charge in [-0.05, 0) is 18.2 Å². The van der Waals surface area contributed by atoms with Gasteiger partial charge in [0.2, 0.25) is 0 Å². The van der Waals surface area contributed by atoms with Crippen LogP contribution in [-0.4, -0.2) is 27.1 Å². The van der Waals surface area contributed by atoms with E-state index in [2.05, 4.69) is 15.6 Å². The van der Waals surface area contributed by atoms with Crippen LogP contribution in [0.25, 0.3) is 11.0 Å². The number of rotatable bonds is 5. The number of nitro benzene ring substituents is 1. The van der Waals surface area contributed by atoms with Crippen LogP contribution in [0.5, 0.6) is 0 Å². The van der Waals surface area contributed by atoms with E-state index in [-0.39, 0.29) is 28.5 Å². The zero-order valence-corrected chi connectivity index (χ0v) is 15.0. The predicted octanol–water partition coefficient (Wildman–Crippen LogP) is 3.64. The maximum atomic E-state index is 13.8. The van der Waals surface area contributed by atoms with Crippen LogP contribution >= 0.6 is 11.6 Å². The molecule has 0 bridgehead atoms. The second kappa shape index (κ2) is 7.58. The fourth-order valence-corrected chi connectivity index (χ4v) is 2.85. The molecule has 2 aromatic carbocycles. The highest BCUT2D eigenvalue weighted by Crippen LogP contribution is 2.26. The fraction of sp³-hybridized carbons (Fsp3) is 0.176. The molecule has 2 N–H and O–H groups in total. The number of carbonyl (C=O) groups excluding carboxylic acids is 1. The molecule has 0 saturated carbocycles. The van der Waals surface area contributed by atoms with Crippen LogP contribution in [0.4, 0.5) is 20.6 Å². The summed E-state index contributed by atoms with van der Waals surface area (Å²) < 4.78 is 15.5. The minimum Gasteiger partial charge on any atom is -0.337 e. The highest BCUT2D eigenvalue weighted by Gasteiger charge is 2.13. The van der Waals surface area contributed by atoms with Gasteiger partial charge < -0.3 is 15.2 Å². The maximum Gasteiger partial charge on any atom is 0.319 e. The van der Waals surface area contributed by atoms with Crippen molar-refractivity contribution in [1.82, 2.24) is 14.9 Å². The van der Waals surface area contributed by atoms with Crippen LogP contribution in [0, 0.1) is 15.9 Å². The number of halogens is 2. The quantitative estimate of drug-likeness (QED) is 0.512. The Hall–Kier alpha value is -3.20. The van der Waals surface area contributed by atoms with E-state index in [1.165, 1.54) is 18.2 Å². The van der Waals surface area contributed by atoms with Crippen LogP contribution in [-0.2, 0) is 13.5 Å². The molecule has 0 unspecified atom stereocenters. The molecule has 1 aromatic heterocycles. The van der Waals surface area contributed by atoms with Gasteiger partial charge in [0.25, 0.3) is 5.69 Å². The van der Waals surface area contributed by atoms with Gasteiger partial charge >= 0.3 is 6.03 Å². The van der Waals surface area contributed by atoms with E-state index in [1.807, 2.05) is 0 Å². The Bertz CT molecular complexity index is 1040. The molecule has 0 saturated heterocycles. The van der Waals surface area contributed by atoms with Gasteiger partial charge in [0.05, 0.1) is 21.2 Å². The van der Waals surface area contributed by atoms with E-state index in [1.54, 1.807) is 23.7 Å². The third-order valence-corrected chi connectivity index (χ3v) is 4.31. The number of carbonyl (C=O) groups is 1. The van der Waals surface area contributed by atoms with E-state index in [0.717, 1.165) is 6.07 Å². The van der Waals surface area contributed by atoms with Crippen LogP contribution in [0.15, 0.2) is 36.4 Å². The molecule has 3 aromatic rings. The van der Waals surface area contributed by atoms with Crippen molar-refractivity contribution >= 4 is 40.0 Å². The Labute approximate surface area is 158 Å². The van der Waals surface area contributed by atoms with Crippen molar-refractivity contribution in [2.75, 3.05) is 11.9 Å². The number of anilines is 1. The fourth-order valence-electron chi connectivity index (χ4n) is 2.63. The normalized spacial score (nSPS) is 10.8. The molecule has 2 amide bonds. The monoisotopic (exact) mass is 391 g/mol. The molecule has 0 aliphatic rings. The van der Waals surface area contributed by atoms with Crippen molar-refractivity contribution in [2.45, 2.75) is 6.42 Å². The second-order valence-corrected chi connectivity index (χ2v) is 6.15. The van der Waals surface area contributed by atoms with E-state index in [0.29, 0.717) is 17.8 Å². The molecule has 0 aliphatic heterocycles. The lowest BCUT2D eigenvalue weighted by molar-refractivity contribution is -0.384. The molecule has 0 fully saturated rings. The van der Waals surface area contributed by atoms with Crippen LogP contribution in [0.3, 0.4) is 0 Å². The third kappa shape index (κ3) is 3.98. The summed E-state index contributed by atoms with van der Waals surface area (Å²) in [6.07, 6.45) is 0.395. The number of para-hydroxylation sites is 1. The predicted molar refractivity (Wildman–Crippen MR) is 99.5 cm³/mol. The van der Waals surface area contributed by atoms with Crippen molar-refractivity contribution in [3.8, 4) is 0 Å². The smallest absolute Gasteiger partial charge is 0.319 e. The first-order chi connectivity index (χ1) is 12.9. The number of imidazole rings is 1. The Morgan fingerprint density at radius 3 is 2.81 bits per heavy atom. The molecule has 8 nitrogen and oxygen atoms in total. The molecule has 0 radical (unpaired) electrons. The lowest BCUT2D eigenvalue weighted by Gasteiger charge is -2.09. The summed E-state index contributed by atoms with van der Waals surface area (Å²) in [6.45, 7) is 0.259. The third-order valence-electron chi connectivity index (χ3n) is 4.00. The number of hydrogen-bond acceptors (Lipinski definition) is 4. The van der Waals surface area contributed by atoms with E-state index >= 15 is 0 Å². The number of hydrogen-bond donors (Lipinski definition) is 2. The topological polar surface area (TPSA) is 102 Å². The minimum absolute atomic E-state index is 0.0603. The lowest BCUT2D eigenvalue weighted by Crippen LogP contribution is -2.31. The van der Waals surface area contributed by atoms with E-state index in [9.17, 15) is 19.3 Å². The Kier molecular flexibility index (Phi) is 5.22. The molecule has 27 heavy (non-hydrogen) atoms. The van der Waals surface area contributed by atoms with Crippen LogP contribution in [0.2, 0.25) is 5.02 Å². The average Bonchev–Trinajstić information content (AvgIpc) is 2.94. The number of non-ortho nitro benzene ring substituents is 1. The number of urea groups is 1. The van der Waals surface area contributed by atoms with Gasteiger partial charge in [0, 0.05) is 32.1 Å². The zero-order chi connectivity index (χ0) is 19.6. The van der Waals surface area contributed by atoms with Crippen molar-refractivity contribution in [3.63, 3.8) is 0 Å². The minimum atomic E-state index is -0.574.